The van der Waals surface area contributed by atoms with Crippen LogP contribution in [0.2, 0.25) is 0 Å². The fraction of sp³-hybridized carbons (Fsp3) is 0.400. The molecule has 16 heavy (non-hydrogen) atoms. The Bertz CT molecular complexity index is 520. The maximum atomic E-state index is 5.48. The van der Waals surface area contributed by atoms with Gasteiger partial charge < -0.3 is 13.6 Å². The Hall–Kier alpha value is -1.14. The molecule has 1 aliphatic heterocycles. The van der Waals surface area contributed by atoms with E-state index in [1.807, 2.05) is 0 Å². The number of rotatable bonds is 1. The minimum absolute atomic E-state index is 0.0434. The molecule has 1 unspecified atom stereocenters. The van der Waals surface area contributed by atoms with Crippen molar-refractivity contribution in [2.24, 2.45) is 0 Å². The molecule has 0 N–H and O–H groups in total. The Labute approximate surface area is 99.9 Å². The molecule has 0 saturated heterocycles. The van der Waals surface area contributed by atoms with Crippen LogP contribution in [0.4, 0.5) is 0 Å². The zero-order valence-corrected chi connectivity index (χ0v) is 10.2. The van der Waals surface area contributed by atoms with E-state index in [0.29, 0.717) is 29.7 Å². The van der Waals surface area contributed by atoms with E-state index in [9.17, 15) is 0 Å². The summed E-state index contributed by atoms with van der Waals surface area (Å²) in [6.07, 6.45) is 1.69. The second-order valence-corrected chi connectivity index (χ2v) is 4.40. The third kappa shape index (κ3) is 1.49. The van der Waals surface area contributed by atoms with Crippen LogP contribution in [0, 0.1) is 6.92 Å². The summed E-state index contributed by atoms with van der Waals surface area (Å²) in [5.74, 6) is 1.08. The van der Waals surface area contributed by atoms with Gasteiger partial charge in [-0.05, 0) is 15.9 Å². The highest BCUT2D eigenvalue weighted by molar-refractivity contribution is 9.10. The zero-order chi connectivity index (χ0) is 11.1. The van der Waals surface area contributed by atoms with Gasteiger partial charge in [-0.2, -0.15) is 0 Å². The minimum Gasteiger partial charge on any atom is -0.457 e. The van der Waals surface area contributed by atoms with E-state index in [1.54, 1.807) is 13.2 Å². The van der Waals surface area contributed by atoms with Crippen LogP contribution in [0.5, 0.6) is 0 Å². The van der Waals surface area contributed by atoms with Gasteiger partial charge in [0.25, 0.3) is 0 Å². The number of hydrogen-bond acceptors (Lipinski definition) is 5. The molecule has 2 aromatic heterocycles. The van der Waals surface area contributed by atoms with E-state index in [1.165, 1.54) is 0 Å². The molecule has 3 heterocycles. The van der Waals surface area contributed by atoms with Crippen LogP contribution in [0.25, 0.3) is 0 Å². The fourth-order valence-electron chi connectivity index (χ4n) is 1.87. The zero-order valence-electron chi connectivity index (χ0n) is 8.57. The van der Waals surface area contributed by atoms with Gasteiger partial charge in [-0.25, -0.2) is 0 Å². The van der Waals surface area contributed by atoms with E-state index in [0.717, 1.165) is 11.1 Å². The number of nitrogens with zero attached hydrogens (tertiary/aromatic N) is 2. The summed E-state index contributed by atoms with van der Waals surface area (Å²) in [5, 5.41) is 7.86. The normalized spacial score (nSPS) is 19.8. The summed E-state index contributed by atoms with van der Waals surface area (Å²) in [6, 6.07) is 0. The van der Waals surface area contributed by atoms with Crippen LogP contribution in [0.1, 0.15) is 28.8 Å². The van der Waals surface area contributed by atoms with Gasteiger partial charge in [-0.1, -0.05) is 0 Å². The fourth-order valence-corrected chi connectivity index (χ4v) is 2.49. The first kappa shape index (κ1) is 10.0. The monoisotopic (exact) mass is 284 g/mol. The Kier molecular flexibility index (Phi) is 2.33. The van der Waals surface area contributed by atoms with Gasteiger partial charge in [0.1, 0.15) is 0 Å². The molecule has 0 radical (unpaired) electrons. The van der Waals surface area contributed by atoms with Gasteiger partial charge in [0.05, 0.1) is 25.4 Å². The second kappa shape index (κ2) is 3.71. The Morgan fingerprint density at radius 1 is 1.44 bits per heavy atom. The van der Waals surface area contributed by atoms with Crippen molar-refractivity contribution >= 4 is 15.9 Å². The van der Waals surface area contributed by atoms with Gasteiger partial charge in [0.15, 0.2) is 4.67 Å². The molecule has 0 saturated carbocycles. The second-order valence-electron chi connectivity index (χ2n) is 3.68. The standard InChI is InChI=1S/C10H9BrN2O3/c1-5-12-13-10(16-5)7-4-14-2-6-3-15-9(11)8(6)7/h3,7H,2,4H2,1H3. The van der Waals surface area contributed by atoms with Crippen molar-refractivity contribution in [3.63, 3.8) is 0 Å². The van der Waals surface area contributed by atoms with Crippen molar-refractivity contribution in [3.05, 3.63) is 33.8 Å². The molecule has 0 aromatic carbocycles. The van der Waals surface area contributed by atoms with E-state index < -0.39 is 0 Å². The lowest BCUT2D eigenvalue weighted by molar-refractivity contribution is 0.0935. The highest BCUT2D eigenvalue weighted by Gasteiger charge is 2.31. The molecule has 0 bridgehead atoms. The van der Waals surface area contributed by atoms with Gasteiger partial charge in [0.2, 0.25) is 11.8 Å². The first-order valence-electron chi connectivity index (χ1n) is 4.89. The molecule has 2 aromatic rings. The third-order valence-electron chi connectivity index (χ3n) is 2.59. The lowest BCUT2D eigenvalue weighted by Gasteiger charge is -2.19. The molecular weight excluding hydrogens is 276 g/mol. The lowest BCUT2D eigenvalue weighted by atomic mass is 9.97. The van der Waals surface area contributed by atoms with Crippen molar-refractivity contribution in [2.75, 3.05) is 6.61 Å². The van der Waals surface area contributed by atoms with Crippen LogP contribution in [-0.2, 0) is 11.3 Å². The molecule has 0 fully saturated rings. The Balaban J connectivity index is 2.07. The molecule has 5 nitrogen and oxygen atoms in total. The Morgan fingerprint density at radius 3 is 3.06 bits per heavy atom. The highest BCUT2D eigenvalue weighted by Crippen LogP contribution is 2.37. The third-order valence-corrected chi connectivity index (χ3v) is 3.21. The molecule has 1 atom stereocenters. The number of hydrogen-bond donors (Lipinski definition) is 0. The van der Waals surface area contributed by atoms with Gasteiger partial charge in [-0.3, -0.25) is 0 Å². The summed E-state index contributed by atoms with van der Waals surface area (Å²) in [5.41, 5.74) is 2.08. The molecule has 1 aliphatic rings. The molecule has 0 spiro atoms. The Morgan fingerprint density at radius 2 is 2.31 bits per heavy atom. The predicted molar refractivity (Wildman–Crippen MR) is 56.9 cm³/mol. The van der Waals surface area contributed by atoms with E-state index >= 15 is 0 Å². The van der Waals surface area contributed by atoms with Gasteiger partial charge >= 0.3 is 0 Å². The van der Waals surface area contributed by atoms with Crippen LogP contribution < -0.4 is 0 Å². The molecule has 3 rings (SSSR count). The summed E-state index contributed by atoms with van der Waals surface area (Å²) in [7, 11) is 0. The molecule has 84 valence electrons. The van der Waals surface area contributed by atoms with E-state index in [2.05, 4.69) is 26.1 Å². The average molecular weight is 285 g/mol. The summed E-state index contributed by atoms with van der Waals surface area (Å²) in [4.78, 5) is 0. The number of ether oxygens (including phenoxy) is 1. The largest absolute Gasteiger partial charge is 0.457 e. The minimum atomic E-state index is -0.0434. The smallest absolute Gasteiger partial charge is 0.226 e. The molecular formula is C10H9BrN2O3. The van der Waals surface area contributed by atoms with Crippen LogP contribution in [0.15, 0.2) is 19.8 Å². The number of aromatic nitrogens is 2. The predicted octanol–water partition coefficient (Wildman–Crippen LogP) is 2.40. The topological polar surface area (TPSA) is 61.3 Å². The number of halogens is 1. The van der Waals surface area contributed by atoms with Crippen molar-refractivity contribution in [3.8, 4) is 0 Å². The first-order valence-corrected chi connectivity index (χ1v) is 5.68. The van der Waals surface area contributed by atoms with Crippen LogP contribution >= 0.6 is 15.9 Å². The van der Waals surface area contributed by atoms with Crippen LogP contribution in [-0.4, -0.2) is 16.8 Å². The van der Waals surface area contributed by atoms with Crippen molar-refractivity contribution < 1.29 is 13.6 Å². The quantitative estimate of drug-likeness (QED) is 0.805. The number of fused-ring (bicyclic) bond motifs is 1. The SMILES string of the molecule is Cc1nnc(C2COCc3coc(Br)c32)o1. The van der Waals surface area contributed by atoms with Crippen molar-refractivity contribution in [2.45, 2.75) is 19.4 Å². The molecule has 0 amide bonds. The van der Waals surface area contributed by atoms with Crippen molar-refractivity contribution in [1.82, 2.24) is 10.2 Å². The van der Waals surface area contributed by atoms with Gasteiger partial charge in [0, 0.05) is 18.1 Å². The van der Waals surface area contributed by atoms with Crippen LogP contribution in [0.3, 0.4) is 0 Å². The van der Waals surface area contributed by atoms with Gasteiger partial charge in [-0.15, -0.1) is 10.2 Å². The average Bonchev–Trinajstić information content (AvgIpc) is 2.86. The first-order chi connectivity index (χ1) is 7.75. The van der Waals surface area contributed by atoms with E-state index in [-0.39, 0.29) is 5.92 Å². The molecule has 6 heteroatoms. The maximum Gasteiger partial charge on any atom is 0.226 e. The molecule has 0 aliphatic carbocycles. The van der Waals surface area contributed by atoms with E-state index in [4.69, 9.17) is 13.6 Å². The summed E-state index contributed by atoms with van der Waals surface area (Å²) >= 11 is 3.38. The number of furan rings is 1. The summed E-state index contributed by atoms with van der Waals surface area (Å²) < 4.78 is 17.0. The van der Waals surface area contributed by atoms with Crippen molar-refractivity contribution in [1.29, 1.82) is 0 Å². The highest BCUT2D eigenvalue weighted by atomic mass is 79.9. The number of aryl methyl sites for hydroxylation is 1. The summed E-state index contributed by atoms with van der Waals surface area (Å²) in [6.45, 7) is 2.87. The lowest BCUT2D eigenvalue weighted by Crippen LogP contribution is -2.17. The maximum absolute atomic E-state index is 5.48.